The van der Waals surface area contributed by atoms with Crippen molar-refractivity contribution < 1.29 is 4.79 Å². The number of aryl methyl sites for hydroxylation is 1. The van der Waals surface area contributed by atoms with E-state index in [1.54, 1.807) is 17.5 Å². The number of amides is 1. The van der Waals surface area contributed by atoms with Gasteiger partial charge in [0.15, 0.2) is 5.13 Å². The Kier molecular flexibility index (Phi) is 4.03. The van der Waals surface area contributed by atoms with Crippen molar-refractivity contribution in [2.24, 2.45) is 5.92 Å². The van der Waals surface area contributed by atoms with Crippen LogP contribution in [-0.2, 0) is 24.4 Å². The van der Waals surface area contributed by atoms with Gasteiger partial charge in [-0.1, -0.05) is 6.42 Å². The molecule has 2 aliphatic rings. The number of aromatic nitrogens is 3. The van der Waals surface area contributed by atoms with E-state index in [1.807, 2.05) is 10.3 Å². The second-order valence-electron chi connectivity index (χ2n) is 6.28. The van der Waals surface area contributed by atoms with Gasteiger partial charge in [-0.25, -0.2) is 4.98 Å². The van der Waals surface area contributed by atoms with Gasteiger partial charge in [0.05, 0.1) is 24.5 Å². The van der Waals surface area contributed by atoms with E-state index in [0.29, 0.717) is 19.0 Å². The zero-order chi connectivity index (χ0) is 15.6. The van der Waals surface area contributed by atoms with E-state index < -0.39 is 0 Å². The molecule has 4 rings (SSSR count). The van der Waals surface area contributed by atoms with Crippen LogP contribution in [0.1, 0.15) is 37.1 Å². The molecule has 2 aromatic heterocycles. The number of nitrogens with one attached hydrogen (secondary N) is 1. The molecule has 6 nitrogen and oxygen atoms in total. The van der Waals surface area contributed by atoms with Crippen LogP contribution >= 0.6 is 11.3 Å². The molecule has 3 heterocycles. The summed E-state index contributed by atoms with van der Waals surface area (Å²) in [5.41, 5.74) is 2.15. The van der Waals surface area contributed by atoms with Crippen LogP contribution in [-0.4, -0.2) is 32.1 Å². The zero-order valence-corrected chi connectivity index (χ0v) is 13.9. The molecular weight excluding hydrogens is 310 g/mol. The minimum Gasteiger partial charge on any atom is -0.356 e. The van der Waals surface area contributed by atoms with Gasteiger partial charge in [-0.2, -0.15) is 5.10 Å². The minimum atomic E-state index is 0.274. The first kappa shape index (κ1) is 14.7. The van der Waals surface area contributed by atoms with E-state index in [0.717, 1.165) is 48.9 Å². The Morgan fingerprint density at radius 3 is 3.00 bits per heavy atom. The fourth-order valence-corrected chi connectivity index (χ4v) is 3.71. The first-order chi connectivity index (χ1) is 11.3. The lowest BCUT2D eigenvalue weighted by molar-refractivity contribution is -0.138. The second kappa shape index (κ2) is 6.31. The lowest BCUT2D eigenvalue weighted by Gasteiger charge is -2.30. The standard InChI is InChI=1S/C16H21N5OS/c22-15(12-3-1-4-12)20-6-2-7-21-14(11-20)9-13(19-21)10-18-16-17-5-8-23-16/h5,8-9,12H,1-4,6-7,10-11H2,(H,17,18). The van der Waals surface area contributed by atoms with E-state index in [2.05, 4.69) is 26.1 Å². The van der Waals surface area contributed by atoms with Gasteiger partial charge in [-0.05, 0) is 25.3 Å². The molecule has 1 fully saturated rings. The number of thiazole rings is 1. The topological polar surface area (TPSA) is 63.1 Å². The molecule has 0 saturated heterocycles. The summed E-state index contributed by atoms with van der Waals surface area (Å²) in [6.07, 6.45) is 6.11. The number of anilines is 1. The maximum atomic E-state index is 12.5. The first-order valence-corrected chi connectivity index (χ1v) is 9.15. The van der Waals surface area contributed by atoms with Crippen molar-refractivity contribution in [3.63, 3.8) is 0 Å². The van der Waals surface area contributed by atoms with Gasteiger partial charge in [0.1, 0.15) is 0 Å². The van der Waals surface area contributed by atoms with Gasteiger partial charge in [-0.15, -0.1) is 11.3 Å². The number of nitrogens with zero attached hydrogens (tertiary/aromatic N) is 4. The second-order valence-corrected chi connectivity index (χ2v) is 7.18. The summed E-state index contributed by atoms with van der Waals surface area (Å²) in [6.45, 7) is 3.11. The third kappa shape index (κ3) is 3.10. The number of fused-ring (bicyclic) bond motifs is 1. The zero-order valence-electron chi connectivity index (χ0n) is 13.1. The molecule has 7 heteroatoms. The highest BCUT2D eigenvalue weighted by Crippen LogP contribution is 2.29. The Balaban J connectivity index is 1.43. The molecule has 1 aliphatic heterocycles. The molecule has 1 saturated carbocycles. The molecular formula is C16H21N5OS. The predicted molar refractivity (Wildman–Crippen MR) is 89.0 cm³/mol. The van der Waals surface area contributed by atoms with Gasteiger partial charge in [-0.3, -0.25) is 9.48 Å². The van der Waals surface area contributed by atoms with Crippen LogP contribution in [0.4, 0.5) is 5.13 Å². The molecule has 23 heavy (non-hydrogen) atoms. The van der Waals surface area contributed by atoms with Crippen molar-refractivity contribution in [1.82, 2.24) is 19.7 Å². The molecule has 1 N–H and O–H groups in total. The lowest BCUT2D eigenvalue weighted by Crippen LogP contribution is -2.38. The van der Waals surface area contributed by atoms with Gasteiger partial charge in [0.2, 0.25) is 5.91 Å². The molecule has 122 valence electrons. The molecule has 0 radical (unpaired) electrons. The molecule has 0 unspecified atom stereocenters. The summed E-state index contributed by atoms with van der Waals surface area (Å²) < 4.78 is 2.06. The Morgan fingerprint density at radius 2 is 2.26 bits per heavy atom. The average molecular weight is 331 g/mol. The van der Waals surface area contributed by atoms with Crippen LogP contribution in [0.25, 0.3) is 0 Å². The van der Waals surface area contributed by atoms with E-state index in [-0.39, 0.29) is 5.92 Å². The van der Waals surface area contributed by atoms with Crippen molar-refractivity contribution >= 4 is 22.4 Å². The highest BCUT2D eigenvalue weighted by Gasteiger charge is 2.30. The summed E-state index contributed by atoms with van der Waals surface area (Å²) in [5.74, 6) is 0.615. The summed E-state index contributed by atoms with van der Waals surface area (Å²) in [6, 6.07) is 2.12. The van der Waals surface area contributed by atoms with Gasteiger partial charge in [0.25, 0.3) is 0 Å². The smallest absolute Gasteiger partial charge is 0.226 e. The number of rotatable bonds is 4. The Labute approximate surface area is 139 Å². The van der Waals surface area contributed by atoms with E-state index in [1.165, 1.54) is 6.42 Å². The number of carbonyl (C=O) groups is 1. The maximum Gasteiger partial charge on any atom is 0.226 e. The largest absolute Gasteiger partial charge is 0.356 e. The summed E-state index contributed by atoms with van der Waals surface area (Å²) in [7, 11) is 0. The maximum absolute atomic E-state index is 12.5. The monoisotopic (exact) mass is 331 g/mol. The third-order valence-corrected chi connectivity index (χ3v) is 5.41. The number of hydrogen-bond donors (Lipinski definition) is 1. The average Bonchev–Trinajstić information content (AvgIpc) is 3.09. The fourth-order valence-electron chi connectivity index (χ4n) is 3.19. The van der Waals surface area contributed by atoms with Crippen molar-refractivity contribution in [3.05, 3.63) is 29.0 Å². The Morgan fingerprint density at radius 1 is 1.35 bits per heavy atom. The summed E-state index contributed by atoms with van der Waals surface area (Å²) in [4.78, 5) is 18.8. The van der Waals surface area contributed by atoms with E-state index >= 15 is 0 Å². The van der Waals surface area contributed by atoms with Gasteiger partial charge >= 0.3 is 0 Å². The highest BCUT2D eigenvalue weighted by molar-refractivity contribution is 7.13. The van der Waals surface area contributed by atoms with Crippen molar-refractivity contribution in [2.75, 3.05) is 11.9 Å². The van der Waals surface area contributed by atoms with Crippen molar-refractivity contribution in [2.45, 2.75) is 45.3 Å². The normalized spacial score (nSPS) is 18.2. The molecule has 0 atom stereocenters. The SMILES string of the molecule is O=C(C1CCC1)N1CCCn2nc(CNc3nccs3)cc2C1. The summed E-state index contributed by atoms with van der Waals surface area (Å²) in [5, 5.41) is 10.8. The fraction of sp³-hybridized carbons (Fsp3) is 0.562. The molecule has 0 bridgehead atoms. The highest BCUT2D eigenvalue weighted by atomic mass is 32.1. The van der Waals surface area contributed by atoms with Crippen molar-refractivity contribution in [3.8, 4) is 0 Å². The Hall–Kier alpha value is -1.89. The third-order valence-electron chi connectivity index (χ3n) is 4.68. The van der Waals surface area contributed by atoms with Crippen molar-refractivity contribution in [1.29, 1.82) is 0 Å². The number of carbonyl (C=O) groups excluding carboxylic acids is 1. The molecule has 1 amide bonds. The quantitative estimate of drug-likeness (QED) is 0.935. The van der Waals surface area contributed by atoms with Gasteiger partial charge in [0, 0.05) is 30.6 Å². The molecule has 1 aliphatic carbocycles. The van der Waals surface area contributed by atoms with Crippen LogP contribution in [0.3, 0.4) is 0 Å². The molecule has 2 aromatic rings. The van der Waals surface area contributed by atoms with E-state index in [4.69, 9.17) is 0 Å². The van der Waals surface area contributed by atoms with Crippen LogP contribution in [0.15, 0.2) is 17.6 Å². The predicted octanol–water partition coefficient (Wildman–Crippen LogP) is 2.48. The molecule has 0 aromatic carbocycles. The van der Waals surface area contributed by atoms with E-state index in [9.17, 15) is 4.79 Å². The summed E-state index contributed by atoms with van der Waals surface area (Å²) >= 11 is 1.59. The van der Waals surface area contributed by atoms with Gasteiger partial charge < -0.3 is 10.2 Å². The van der Waals surface area contributed by atoms with Crippen LogP contribution < -0.4 is 5.32 Å². The Bertz CT molecular complexity index is 677. The van der Waals surface area contributed by atoms with Crippen LogP contribution in [0.5, 0.6) is 0 Å². The first-order valence-electron chi connectivity index (χ1n) is 8.27. The van der Waals surface area contributed by atoms with Crippen LogP contribution in [0.2, 0.25) is 0 Å². The molecule has 0 spiro atoms. The lowest BCUT2D eigenvalue weighted by atomic mass is 9.84. The number of hydrogen-bond acceptors (Lipinski definition) is 5. The van der Waals surface area contributed by atoms with Crippen LogP contribution in [0, 0.1) is 5.92 Å². The minimum absolute atomic E-state index is 0.274.